The molecule has 29 heavy (non-hydrogen) atoms. The van der Waals surface area contributed by atoms with Crippen molar-refractivity contribution in [3.05, 3.63) is 59.1 Å². The summed E-state index contributed by atoms with van der Waals surface area (Å²) in [5.74, 6) is -1.67. The number of nitrogens with one attached hydrogen (secondary N) is 2. The van der Waals surface area contributed by atoms with Gasteiger partial charge in [0.1, 0.15) is 0 Å². The fourth-order valence-corrected chi connectivity index (χ4v) is 4.31. The number of nitrogens with zero attached hydrogens (tertiary/aromatic N) is 1. The largest absolute Gasteiger partial charge is 0.379 e. The van der Waals surface area contributed by atoms with E-state index in [0.717, 1.165) is 0 Å². The van der Waals surface area contributed by atoms with Gasteiger partial charge in [0.15, 0.2) is 0 Å². The van der Waals surface area contributed by atoms with E-state index in [9.17, 15) is 18.0 Å². The molecule has 0 atom stereocenters. The predicted molar refractivity (Wildman–Crippen MR) is 108 cm³/mol. The molecule has 154 valence electrons. The van der Waals surface area contributed by atoms with Crippen molar-refractivity contribution < 1.29 is 22.7 Å². The molecule has 0 saturated carbocycles. The fraction of sp³-hybridized carbons (Fsp3) is 0.263. The molecule has 0 radical (unpaired) electrons. The summed E-state index contributed by atoms with van der Waals surface area (Å²) in [7, 11) is -3.57. The first kappa shape index (κ1) is 21.3. The van der Waals surface area contributed by atoms with Crippen LogP contribution in [-0.2, 0) is 30.9 Å². The zero-order valence-corrected chi connectivity index (χ0v) is 17.0. The highest BCUT2D eigenvalue weighted by atomic mass is 35.5. The zero-order chi connectivity index (χ0) is 20.9. The van der Waals surface area contributed by atoms with Gasteiger partial charge in [-0.2, -0.15) is 4.31 Å². The average molecular weight is 438 g/mol. The molecule has 2 N–H and O–H groups in total. The molecule has 2 aromatic rings. The molecule has 0 aromatic heterocycles. The fourth-order valence-electron chi connectivity index (χ4n) is 2.72. The van der Waals surface area contributed by atoms with Crippen LogP contribution in [0.25, 0.3) is 0 Å². The Morgan fingerprint density at radius 2 is 1.66 bits per heavy atom. The average Bonchev–Trinajstić information content (AvgIpc) is 2.74. The van der Waals surface area contributed by atoms with Gasteiger partial charge >= 0.3 is 11.8 Å². The Morgan fingerprint density at radius 1 is 1.00 bits per heavy atom. The second-order valence-electron chi connectivity index (χ2n) is 6.28. The number of ether oxygens (including phenoxy) is 1. The molecule has 1 aliphatic rings. The van der Waals surface area contributed by atoms with Gasteiger partial charge in [0.05, 0.1) is 28.8 Å². The molecule has 0 spiro atoms. The van der Waals surface area contributed by atoms with E-state index in [1.807, 2.05) is 0 Å². The Bertz CT molecular complexity index is 989. The number of benzene rings is 2. The van der Waals surface area contributed by atoms with Crippen LogP contribution in [0.15, 0.2) is 53.4 Å². The maximum Gasteiger partial charge on any atom is 0.313 e. The minimum absolute atomic E-state index is 0.0760. The van der Waals surface area contributed by atoms with Gasteiger partial charge in [-0.25, -0.2) is 8.42 Å². The first-order chi connectivity index (χ1) is 13.9. The summed E-state index contributed by atoms with van der Waals surface area (Å²) in [5, 5.41) is 5.25. The van der Waals surface area contributed by atoms with Crippen LogP contribution < -0.4 is 10.6 Å². The summed E-state index contributed by atoms with van der Waals surface area (Å²) in [4.78, 5) is 24.1. The number of sulfonamides is 1. The Hall–Kier alpha value is -2.46. The van der Waals surface area contributed by atoms with Crippen LogP contribution in [0.2, 0.25) is 5.02 Å². The van der Waals surface area contributed by atoms with E-state index < -0.39 is 21.8 Å². The van der Waals surface area contributed by atoms with Crippen molar-refractivity contribution >= 4 is 39.1 Å². The molecule has 2 amide bonds. The van der Waals surface area contributed by atoms with Crippen LogP contribution in [-0.4, -0.2) is 50.8 Å². The molecule has 8 nitrogen and oxygen atoms in total. The minimum atomic E-state index is -3.57. The molecular weight excluding hydrogens is 418 g/mol. The Labute approximate surface area is 173 Å². The van der Waals surface area contributed by atoms with Crippen LogP contribution in [0.5, 0.6) is 0 Å². The van der Waals surface area contributed by atoms with Gasteiger partial charge in [-0.05, 0) is 29.8 Å². The third kappa shape index (κ3) is 5.33. The maximum atomic E-state index is 12.6. The number of para-hydroxylation sites is 1. The van der Waals surface area contributed by atoms with E-state index in [-0.39, 0.29) is 11.4 Å². The monoisotopic (exact) mass is 437 g/mol. The smallest absolute Gasteiger partial charge is 0.313 e. The number of halogens is 1. The standard InChI is InChI=1S/C19H20ClN3O5S/c20-16-3-1-2-4-17(16)22-19(25)18(24)21-13-14-5-7-15(8-6-14)29(26,27)23-9-11-28-12-10-23/h1-8H,9-13H2,(H,21,24)(H,22,25). The molecule has 0 aliphatic carbocycles. The first-order valence-corrected chi connectivity index (χ1v) is 10.7. The van der Waals surface area contributed by atoms with E-state index in [0.29, 0.717) is 42.6 Å². The van der Waals surface area contributed by atoms with Crippen molar-refractivity contribution in [2.24, 2.45) is 0 Å². The van der Waals surface area contributed by atoms with Gasteiger partial charge in [-0.3, -0.25) is 9.59 Å². The predicted octanol–water partition coefficient (Wildman–Crippen LogP) is 1.62. The zero-order valence-electron chi connectivity index (χ0n) is 15.4. The number of hydrogen-bond donors (Lipinski definition) is 2. The van der Waals surface area contributed by atoms with Gasteiger partial charge in [0.25, 0.3) is 0 Å². The Balaban J connectivity index is 1.56. The van der Waals surface area contributed by atoms with Gasteiger partial charge < -0.3 is 15.4 Å². The molecule has 10 heteroatoms. The van der Waals surface area contributed by atoms with Gasteiger partial charge in [0, 0.05) is 19.6 Å². The summed E-state index contributed by atoms with van der Waals surface area (Å²) in [6.45, 7) is 1.47. The van der Waals surface area contributed by atoms with Crippen molar-refractivity contribution in [2.75, 3.05) is 31.6 Å². The summed E-state index contributed by atoms with van der Waals surface area (Å²) in [5.41, 5.74) is 0.997. The topological polar surface area (TPSA) is 105 Å². The number of carbonyl (C=O) groups excluding carboxylic acids is 2. The van der Waals surface area contributed by atoms with E-state index in [1.165, 1.54) is 16.4 Å². The van der Waals surface area contributed by atoms with Crippen molar-refractivity contribution in [1.82, 2.24) is 9.62 Å². The first-order valence-electron chi connectivity index (χ1n) is 8.88. The lowest BCUT2D eigenvalue weighted by Gasteiger charge is -2.26. The second-order valence-corrected chi connectivity index (χ2v) is 8.62. The van der Waals surface area contributed by atoms with Gasteiger partial charge in [-0.1, -0.05) is 35.9 Å². The molecule has 2 aromatic carbocycles. The van der Waals surface area contributed by atoms with Crippen LogP contribution in [0.3, 0.4) is 0 Å². The Morgan fingerprint density at radius 3 is 2.31 bits per heavy atom. The van der Waals surface area contributed by atoms with Crippen LogP contribution in [0.1, 0.15) is 5.56 Å². The van der Waals surface area contributed by atoms with Crippen molar-refractivity contribution in [1.29, 1.82) is 0 Å². The highest BCUT2D eigenvalue weighted by Crippen LogP contribution is 2.20. The molecule has 1 heterocycles. The molecule has 1 saturated heterocycles. The van der Waals surface area contributed by atoms with E-state index >= 15 is 0 Å². The van der Waals surface area contributed by atoms with Crippen molar-refractivity contribution in [3.8, 4) is 0 Å². The number of morpholine rings is 1. The van der Waals surface area contributed by atoms with Crippen LogP contribution >= 0.6 is 11.6 Å². The van der Waals surface area contributed by atoms with Gasteiger partial charge in [0.2, 0.25) is 10.0 Å². The molecule has 3 rings (SSSR count). The second kappa shape index (κ2) is 9.36. The number of rotatable bonds is 5. The lowest BCUT2D eigenvalue weighted by molar-refractivity contribution is -0.136. The summed E-state index contributed by atoms with van der Waals surface area (Å²) < 4.78 is 31.7. The van der Waals surface area contributed by atoms with Gasteiger partial charge in [-0.15, -0.1) is 0 Å². The highest BCUT2D eigenvalue weighted by Gasteiger charge is 2.26. The number of anilines is 1. The minimum Gasteiger partial charge on any atom is -0.379 e. The summed E-state index contributed by atoms with van der Waals surface area (Å²) in [6, 6.07) is 12.7. The number of hydrogen-bond acceptors (Lipinski definition) is 5. The number of amides is 2. The van der Waals surface area contributed by atoms with Crippen molar-refractivity contribution in [2.45, 2.75) is 11.4 Å². The van der Waals surface area contributed by atoms with E-state index in [1.54, 1.807) is 36.4 Å². The van der Waals surface area contributed by atoms with E-state index in [4.69, 9.17) is 16.3 Å². The number of carbonyl (C=O) groups is 2. The lowest BCUT2D eigenvalue weighted by atomic mass is 10.2. The highest BCUT2D eigenvalue weighted by molar-refractivity contribution is 7.89. The summed E-state index contributed by atoms with van der Waals surface area (Å²) in [6.07, 6.45) is 0. The normalized spacial score (nSPS) is 14.9. The summed E-state index contributed by atoms with van der Waals surface area (Å²) >= 11 is 5.95. The van der Waals surface area contributed by atoms with Crippen LogP contribution in [0, 0.1) is 0 Å². The molecule has 1 aliphatic heterocycles. The van der Waals surface area contributed by atoms with Crippen LogP contribution in [0.4, 0.5) is 5.69 Å². The molecule has 0 unspecified atom stereocenters. The molecule has 0 bridgehead atoms. The SMILES string of the molecule is O=C(NCc1ccc(S(=O)(=O)N2CCOCC2)cc1)C(=O)Nc1ccccc1Cl. The van der Waals surface area contributed by atoms with Crippen molar-refractivity contribution in [3.63, 3.8) is 0 Å². The maximum absolute atomic E-state index is 12.6. The van der Waals surface area contributed by atoms with E-state index in [2.05, 4.69) is 10.6 Å². The quantitative estimate of drug-likeness (QED) is 0.691. The molecular formula is C19H20ClN3O5S. The third-order valence-corrected chi connectivity index (χ3v) is 6.55. The Kier molecular flexibility index (Phi) is 6.86. The molecule has 1 fully saturated rings. The third-order valence-electron chi connectivity index (χ3n) is 4.31. The lowest BCUT2D eigenvalue weighted by Crippen LogP contribution is -2.40.